The second-order valence-corrected chi connectivity index (χ2v) is 3.88. The molecule has 0 aromatic rings. The van der Waals surface area contributed by atoms with Gasteiger partial charge in [-0.2, -0.15) is 0 Å². The molecule has 0 bridgehead atoms. The van der Waals surface area contributed by atoms with Gasteiger partial charge in [-0.25, -0.2) is 4.79 Å². The second kappa shape index (κ2) is 4.41. The number of hydrogen-bond acceptors (Lipinski definition) is 3. The lowest BCUT2D eigenvalue weighted by atomic mass is 9.93. The zero-order valence-electron chi connectivity index (χ0n) is 7.55. The molecule has 0 unspecified atom stereocenters. The minimum atomic E-state index is -0.936. The van der Waals surface area contributed by atoms with E-state index in [-0.39, 0.29) is 0 Å². The van der Waals surface area contributed by atoms with E-state index in [9.17, 15) is 9.90 Å². The van der Waals surface area contributed by atoms with Crippen LogP contribution in [-0.4, -0.2) is 23.8 Å². The van der Waals surface area contributed by atoms with Crippen LogP contribution in [0.5, 0.6) is 0 Å². The predicted octanol–water partition coefficient (Wildman–Crippen LogP) is 1.78. The topological polar surface area (TPSA) is 46.5 Å². The van der Waals surface area contributed by atoms with Crippen LogP contribution in [0.25, 0.3) is 0 Å². The highest BCUT2D eigenvalue weighted by atomic mass is 127. The monoisotopic (exact) mass is 296 g/mol. The molecule has 0 radical (unpaired) electrons. The first-order valence-corrected chi connectivity index (χ1v) is 5.50. The number of rotatable bonds is 2. The number of aliphatic hydroxyl groups is 1. The first kappa shape index (κ1) is 11.0. The van der Waals surface area contributed by atoms with Crippen molar-refractivity contribution in [1.29, 1.82) is 0 Å². The Labute approximate surface area is 91.3 Å². The van der Waals surface area contributed by atoms with E-state index in [0.29, 0.717) is 18.4 Å². The van der Waals surface area contributed by atoms with Gasteiger partial charge >= 0.3 is 5.97 Å². The molecular formula is C9H13IO3. The van der Waals surface area contributed by atoms with E-state index in [4.69, 9.17) is 0 Å². The van der Waals surface area contributed by atoms with Gasteiger partial charge in [-0.3, -0.25) is 0 Å². The Kier molecular flexibility index (Phi) is 3.73. The third-order valence-corrected chi connectivity index (χ3v) is 3.07. The second-order valence-electron chi connectivity index (χ2n) is 3.25. The van der Waals surface area contributed by atoms with Gasteiger partial charge < -0.3 is 9.84 Å². The summed E-state index contributed by atoms with van der Waals surface area (Å²) in [4.78, 5) is 11.3. The summed E-state index contributed by atoms with van der Waals surface area (Å²) in [6.45, 7) is 0. The van der Waals surface area contributed by atoms with Crippen molar-refractivity contribution in [2.24, 2.45) is 0 Å². The fourth-order valence-corrected chi connectivity index (χ4v) is 2.51. The van der Waals surface area contributed by atoms with Crippen LogP contribution in [0.4, 0.5) is 0 Å². The molecule has 0 aromatic heterocycles. The van der Waals surface area contributed by atoms with Gasteiger partial charge in [0.05, 0.1) is 18.3 Å². The minimum Gasteiger partial charge on any atom is -0.466 e. The van der Waals surface area contributed by atoms with Gasteiger partial charge in [0.2, 0.25) is 0 Å². The molecule has 0 atom stereocenters. The SMILES string of the molecule is COC(=O)/C(=C\I)C1(O)CCCC1. The molecule has 4 heteroatoms. The molecule has 1 fully saturated rings. The van der Waals surface area contributed by atoms with E-state index in [0.717, 1.165) is 12.8 Å². The lowest BCUT2D eigenvalue weighted by Gasteiger charge is -2.23. The Morgan fingerprint density at radius 3 is 2.46 bits per heavy atom. The van der Waals surface area contributed by atoms with E-state index in [1.54, 1.807) is 4.08 Å². The van der Waals surface area contributed by atoms with Gasteiger partial charge in [-0.15, -0.1) is 0 Å². The molecule has 1 N–H and O–H groups in total. The summed E-state index contributed by atoms with van der Waals surface area (Å²) in [7, 11) is 1.33. The standard InChI is InChI=1S/C9H13IO3/c1-13-8(11)7(6-10)9(12)4-2-3-5-9/h6,12H,2-5H2,1H3/b7-6+. The molecule has 1 aliphatic rings. The molecule has 1 saturated carbocycles. The van der Waals surface area contributed by atoms with Crippen molar-refractivity contribution in [2.75, 3.05) is 7.11 Å². The average Bonchev–Trinajstić information content (AvgIpc) is 2.53. The number of carbonyl (C=O) groups is 1. The van der Waals surface area contributed by atoms with Crippen molar-refractivity contribution in [3.8, 4) is 0 Å². The Morgan fingerprint density at radius 1 is 1.54 bits per heavy atom. The molecule has 74 valence electrons. The number of esters is 1. The number of halogens is 1. The first-order chi connectivity index (χ1) is 6.14. The highest BCUT2D eigenvalue weighted by molar-refractivity contribution is 14.1. The summed E-state index contributed by atoms with van der Waals surface area (Å²) < 4.78 is 6.23. The van der Waals surface area contributed by atoms with Crippen LogP contribution >= 0.6 is 22.6 Å². The van der Waals surface area contributed by atoms with Crippen LogP contribution in [-0.2, 0) is 9.53 Å². The zero-order chi connectivity index (χ0) is 9.90. The van der Waals surface area contributed by atoms with Gasteiger partial charge in [0.25, 0.3) is 0 Å². The highest BCUT2D eigenvalue weighted by Gasteiger charge is 2.38. The molecule has 3 nitrogen and oxygen atoms in total. The molecule has 13 heavy (non-hydrogen) atoms. The lowest BCUT2D eigenvalue weighted by Crippen LogP contribution is -2.31. The molecule has 0 aromatic carbocycles. The molecule has 0 saturated heterocycles. The third-order valence-electron chi connectivity index (χ3n) is 2.45. The van der Waals surface area contributed by atoms with Gasteiger partial charge in [-0.05, 0) is 16.9 Å². The van der Waals surface area contributed by atoms with Crippen molar-refractivity contribution in [3.05, 3.63) is 9.66 Å². The van der Waals surface area contributed by atoms with E-state index in [2.05, 4.69) is 4.74 Å². The van der Waals surface area contributed by atoms with Crippen LogP contribution in [0, 0.1) is 0 Å². The number of methoxy groups -OCH3 is 1. The van der Waals surface area contributed by atoms with Gasteiger partial charge in [0, 0.05) is 0 Å². The van der Waals surface area contributed by atoms with Crippen molar-refractivity contribution in [3.63, 3.8) is 0 Å². The molecular weight excluding hydrogens is 283 g/mol. The summed E-state index contributed by atoms with van der Waals surface area (Å²) in [5.74, 6) is -0.418. The molecule has 0 spiro atoms. The van der Waals surface area contributed by atoms with Crippen LogP contribution in [0.2, 0.25) is 0 Å². The number of carbonyl (C=O) groups excluding carboxylic acids is 1. The normalized spacial score (nSPS) is 21.6. The fourth-order valence-electron chi connectivity index (χ4n) is 1.68. The summed E-state index contributed by atoms with van der Waals surface area (Å²) in [6, 6.07) is 0. The van der Waals surface area contributed by atoms with Crippen LogP contribution < -0.4 is 0 Å². The van der Waals surface area contributed by atoms with Crippen molar-refractivity contribution in [2.45, 2.75) is 31.3 Å². The van der Waals surface area contributed by atoms with Gasteiger partial charge in [0.15, 0.2) is 0 Å². The van der Waals surface area contributed by atoms with Crippen LogP contribution in [0.15, 0.2) is 9.66 Å². The summed E-state index contributed by atoms with van der Waals surface area (Å²) in [5, 5.41) is 10.1. The van der Waals surface area contributed by atoms with E-state index in [1.165, 1.54) is 7.11 Å². The Hall–Kier alpha value is -0.100. The summed E-state index contributed by atoms with van der Waals surface area (Å²) >= 11 is 1.96. The smallest absolute Gasteiger partial charge is 0.337 e. The summed E-state index contributed by atoms with van der Waals surface area (Å²) in [6.07, 6.45) is 3.27. The Bertz CT molecular complexity index is 229. The van der Waals surface area contributed by atoms with E-state index < -0.39 is 11.6 Å². The quantitative estimate of drug-likeness (QED) is 0.480. The molecule has 1 aliphatic carbocycles. The lowest BCUT2D eigenvalue weighted by molar-refractivity contribution is -0.138. The largest absolute Gasteiger partial charge is 0.466 e. The maximum Gasteiger partial charge on any atom is 0.337 e. The van der Waals surface area contributed by atoms with Crippen LogP contribution in [0.1, 0.15) is 25.7 Å². The van der Waals surface area contributed by atoms with Crippen molar-refractivity contribution in [1.82, 2.24) is 0 Å². The Morgan fingerprint density at radius 2 is 2.08 bits per heavy atom. The minimum absolute atomic E-state index is 0.396. The number of ether oxygens (including phenoxy) is 1. The van der Waals surface area contributed by atoms with E-state index in [1.807, 2.05) is 22.6 Å². The maximum atomic E-state index is 11.3. The predicted molar refractivity (Wildman–Crippen MR) is 57.5 cm³/mol. The third kappa shape index (κ3) is 2.22. The zero-order valence-corrected chi connectivity index (χ0v) is 9.70. The van der Waals surface area contributed by atoms with Crippen molar-refractivity contribution >= 4 is 28.6 Å². The molecule has 0 heterocycles. The first-order valence-electron chi connectivity index (χ1n) is 4.25. The fraction of sp³-hybridized carbons (Fsp3) is 0.667. The number of hydrogen-bond donors (Lipinski definition) is 1. The molecule has 0 aliphatic heterocycles. The molecule has 1 rings (SSSR count). The van der Waals surface area contributed by atoms with Crippen molar-refractivity contribution < 1.29 is 14.6 Å². The maximum absolute atomic E-state index is 11.3. The van der Waals surface area contributed by atoms with Crippen LogP contribution in [0.3, 0.4) is 0 Å². The van der Waals surface area contributed by atoms with Gasteiger partial charge in [0.1, 0.15) is 0 Å². The van der Waals surface area contributed by atoms with Gasteiger partial charge in [-0.1, -0.05) is 35.4 Å². The Balaban J connectivity index is 2.83. The summed E-state index contributed by atoms with van der Waals surface area (Å²) in [5.41, 5.74) is -0.540. The average molecular weight is 296 g/mol. The molecule has 0 amide bonds. The highest BCUT2D eigenvalue weighted by Crippen LogP contribution is 2.36. The van der Waals surface area contributed by atoms with E-state index >= 15 is 0 Å².